The number of pyridine rings is 1. The van der Waals surface area contributed by atoms with E-state index in [4.69, 9.17) is 4.74 Å². The minimum absolute atomic E-state index is 0.123. The van der Waals surface area contributed by atoms with Gasteiger partial charge in [0.1, 0.15) is 11.6 Å². The Kier molecular flexibility index (Phi) is 5.70. The molecule has 2 fully saturated rings. The van der Waals surface area contributed by atoms with Crippen LogP contribution in [-0.4, -0.2) is 47.7 Å². The van der Waals surface area contributed by atoms with E-state index in [1.807, 2.05) is 0 Å². The van der Waals surface area contributed by atoms with Gasteiger partial charge in [0.15, 0.2) is 0 Å². The maximum absolute atomic E-state index is 12.9. The van der Waals surface area contributed by atoms with Crippen molar-refractivity contribution in [3.8, 4) is 5.75 Å². The van der Waals surface area contributed by atoms with E-state index in [-0.39, 0.29) is 18.9 Å². The van der Waals surface area contributed by atoms with E-state index in [0.717, 1.165) is 0 Å². The molecule has 26 heavy (non-hydrogen) atoms. The van der Waals surface area contributed by atoms with Crippen LogP contribution in [0, 0.1) is 11.8 Å². The molecule has 1 N–H and O–H groups in total. The summed E-state index contributed by atoms with van der Waals surface area (Å²) in [6.45, 7) is 2.66. The van der Waals surface area contributed by atoms with Gasteiger partial charge in [-0.25, -0.2) is 4.98 Å². The molecule has 0 unspecified atom stereocenters. The van der Waals surface area contributed by atoms with Crippen LogP contribution in [0.5, 0.6) is 5.75 Å². The van der Waals surface area contributed by atoms with Gasteiger partial charge in [-0.2, -0.15) is 13.2 Å². The van der Waals surface area contributed by atoms with Gasteiger partial charge in [-0.05, 0) is 57.2 Å². The molecule has 1 aromatic heterocycles. The predicted molar refractivity (Wildman–Crippen MR) is 90.9 cm³/mol. The molecule has 2 aliphatic rings. The number of halogens is 3. The summed E-state index contributed by atoms with van der Waals surface area (Å²) in [4.78, 5) is 18.1. The summed E-state index contributed by atoms with van der Waals surface area (Å²) in [7, 11) is 0. The van der Waals surface area contributed by atoms with Crippen LogP contribution in [0.25, 0.3) is 0 Å². The highest BCUT2D eigenvalue weighted by atomic mass is 19.4. The Morgan fingerprint density at radius 3 is 2.77 bits per heavy atom. The van der Waals surface area contributed by atoms with E-state index >= 15 is 0 Å². The van der Waals surface area contributed by atoms with Crippen molar-refractivity contribution in [3.05, 3.63) is 18.3 Å². The zero-order valence-corrected chi connectivity index (χ0v) is 14.8. The van der Waals surface area contributed by atoms with E-state index in [2.05, 4.69) is 10.3 Å². The zero-order valence-electron chi connectivity index (χ0n) is 14.8. The van der Waals surface area contributed by atoms with Crippen LogP contribution >= 0.6 is 0 Å². The first kappa shape index (κ1) is 18.9. The molecule has 1 aromatic rings. The molecular formula is C18H24F3N3O2. The predicted octanol–water partition coefficient (Wildman–Crippen LogP) is 3.47. The zero-order chi connectivity index (χ0) is 18.7. The Morgan fingerprint density at radius 2 is 2.15 bits per heavy atom. The molecule has 144 valence electrons. The first-order valence-corrected chi connectivity index (χ1v) is 9.03. The highest BCUT2D eigenvalue weighted by Crippen LogP contribution is 2.33. The van der Waals surface area contributed by atoms with Crippen LogP contribution in [0.15, 0.2) is 18.3 Å². The number of anilines is 1. The van der Waals surface area contributed by atoms with E-state index in [1.165, 1.54) is 12.8 Å². The van der Waals surface area contributed by atoms with Gasteiger partial charge >= 0.3 is 6.18 Å². The van der Waals surface area contributed by atoms with Crippen LogP contribution in [0.4, 0.5) is 19.0 Å². The summed E-state index contributed by atoms with van der Waals surface area (Å²) >= 11 is 0. The van der Waals surface area contributed by atoms with Crippen molar-refractivity contribution in [1.29, 1.82) is 0 Å². The Hall–Kier alpha value is -1.83. The minimum Gasteiger partial charge on any atom is -0.492 e. The molecule has 1 saturated heterocycles. The van der Waals surface area contributed by atoms with Crippen molar-refractivity contribution < 1.29 is 22.7 Å². The molecule has 0 spiro atoms. The summed E-state index contributed by atoms with van der Waals surface area (Å²) in [5.41, 5.74) is 0. The van der Waals surface area contributed by atoms with Gasteiger partial charge in [-0.1, -0.05) is 0 Å². The SMILES string of the molecule is C[C@@H](C(=O)Nc1ccc(OCC2CC2)cn1)N1CCC[C@@H](C(F)(F)F)C1. The maximum Gasteiger partial charge on any atom is 0.393 e. The number of rotatable bonds is 6. The van der Waals surface area contributed by atoms with Crippen molar-refractivity contribution in [2.75, 3.05) is 25.0 Å². The standard InChI is InChI=1S/C18H24F3N3O2/c1-12(24-8-2-3-14(10-24)18(19,20)21)17(25)23-16-7-6-15(9-22-16)26-11-13-4-5-13/h6-7,9,12-14H,2-5,8,10-11H2,1H3,(H,22,23,25)/t12-,14+/m0/s1. The molecule has 0 aromatic carbocycles. The molecule has 1 aliphatic carbocycles. The number of ether oxygens (including phenoxy) is 1. The van der Waals surface area contributed by atoms with Crippen LogP contribution in [0.1, 0.15) is 32.6 Å². The largest absolute Gasteiger partial charge is 0.492 e. The first-order chi connectivity index (χ1) is 12.3. The summed E-state index contributed by atoms with van der Waals surface area (Å²) in [6.07, 6.45) is 0.289. The molecular weight excluding hydrogens is 347 g/mol. The van der Waals surface area contributed by atoms with Crippen molar-refractivity contribution in [3.63, 3.8) is 0 Å². The van der Waals surface area contributed by atoms with Crippen LogP contribution in [0.2, 0.25) is 0 Å². The molecule has 0 bridgehead atoms. The molecule has 3 rings (SSSR count). The van der Waals surface area contributed by atoms with Crippen molar-refractivity contribution >= 4 is 11.7 Å². The van der Waals surface area contributed by atoms with E-state index in [0.29, 0.717) is 37.1 Å². The third kappa shape index (κ3) is 5.09. The topological polar surface area (TPSA) is 54.5 Å². The average molecular weight is 371 g/mol. The second-order valence-electron chi connectivity index (χ2n) is 7.17. The van der Waals surface area contributed by atoms with Crippen LogP contribution < -0.4 is 10.1 Å². The molecule has 1 amide bonds. The Bertz CT molecular complexity index is 617. The fraction of sp³-hybridized carbons (Fsp3) is 0.667. The smallest absolute Gasteiger partial charge is 0.393 e. The monoisotopic (exact) mass is 371 g/mol. The number of likely N-dealkylation sites (tertiary alicyclic amines) is 1. The summed E-state index contributed by atoms with van der Waals surface area (Å²) in [5, 5.41) is 2.67. The molecule has 0 radical (unpaired) electrons. The highest BCUT2D eigenvalue weighted by Gasteiger charge is 2.43. The quantitative estimate of drug-likeness (QED) is 0.832. The molecule has 5 nitrogen and oxygen atoms in total. The lowest BCUT2D eigenvalue weighted by Crippen LogP contribution is -2.49. The maximum atomic E-state index is 12.9. The minimum atomic E-state index is -4.22. The summed E-state index contributed by atoms with van der Waals surface area (Å²) < 4.78 is 44.4. The normalized spacial score (nSPS) is 22.7. The van der Waals surface area contributed by atoms with Crippen molar-refractivity contribution in [1.82, 2.24) is 9.88 Å². The number of carbonyl (C=O) groups is 1. The number of piperidine rings is 1. The molecule has 1 saturated carbocycles. The lowest BCUT2D eigenvalue weighted by atomic mass is 9.96. The number of hydrogen-bond acceptors (Lipinski definition) is 4. The third-order valence-electron chi connectivity index (χ3n) is 5.01. The number of carbonyl (C=O) groups excluding carboxylic acids is 1. The Morgan fingerprint density at radius 1 is 1.38 bits per heavy atom. The van der Waals surface area contributed by atoms with E-state index in [9.17, 15) is 18.0 Å². The second kappa shape index (κ2) is 7.82. The van der Waals surface area contributed by atoms with Gasteiger partial charge in [0.2, 0.25) is 5.91 Å². The number of nitrogens with zero attached hydrogens (tertiary/aromatic N) is 2. The third-order valence-corrected chi connectivity index (χ3v) is 5.01. The van der Waals surface area contributed by atoms with Gasteiger partial charge in [-0.15, -0.1) is 0 Å². The second-order valence-corrected chi connectivity index (χ2v) is 7.17. The lowest BCUT2D eigenvalue weighted by molar-refractivity contribution is -0.188. The van der Waals surface area contributed by atoms with Gasteiger partial charge in [0.25, 0.3) is 0 Å². The number of aromatic nitrogens is 1. The van der Waals surface area contributed by atoms with Crippen LogP contribution in [0.3, 0.4) is 0 Å². The molecule has 1 aliphatic heterocycles. The molecule has 8 heteroatoms. The number of hydrogen-bond donors (Lipinski definition) is 1. The first-order valence-electron chi connectivity index (χ1n) is 9.03. The van der Waals surface area contributed by atoms with Gasteiger partial charge in [0.05, 0.1) is 24.8 Å². The van der Waals surface area contributed by atoms with Gasteiger partial charge in [0, 0.05) is 6.54 Å². The number of alkyl halides is 3. The van der Waals surface area contributed by atoms with Gasteiger partial charge in [-0.3, -0.25) is 9.69 Å². The summed E-state index contributed by atoms with van der Waals surface area (Å²) in [5.74, 6) is -0.0724. The van der Waals surface area contributed by atoms with Crippen molar-refractivity contribution in [2.24, 2.45) is 11.8 Å². The molecule has 2 heterocycles. The van der Waals surface area contributed by atoms with E-state index in [1.54, 1.807) is 30.2 Å². The fourth-order valence-electron chi connectivity index (χ4n) is 3.06. The Labute approximate surface area is 150 Å². The van der Waals surface area contributed by atoms with E-state index < -0.39 is 18.1 Å². The van der Waals surface area contributed by atoms with Gasteiger partial charge < -0.3 is 10.1 Å². The van der Waals surface area contributed by atoms with Crippen molar-refractivity contribution in [2.45, 2.75) is 44.8 Å². The number of amides is 1. The lowest BCUT2D eigenvalue weighted by Gasteiger charge is -2.36. The highest BCUT2D eigenvalue weighted by molar-refractivity contribution is 5.93. The van der Waals surface area contributed by atoms with Crippen LogP contribution in [-0.2, 0) is 4.79 Å². The average Bonchev–Trinajstić information content (AvgIpc) is 3.44. The fourth-order valence-corrected chi connectivity index (χ4v) is 3.06. The molecule has 2 atom stereocenters. The number of nitrogens with one attached hydrogen (secondary N) is 1. The summed E-state index contributed by atoms with van der Waals surface area (Å²) in [6, 6.07) is 2.73. The Balaban J connectivity index is 1.51.